The Bertz CT molecular complexity index is 537. The fourth-order valence-electron chi connectivity index (χ4n) is 1.82. The number of hydrogen-bond donors (Lipinski definition) is 3. The van der Waals surface area contributed by atoms with Crippen LogP contribution in [0.2, 0.25) is 0 Å². The number of hydrogen-bond acceptors (Lipinski definition) is 3. The number of nitrogens with zero attached hydrogens (tertiary/aromatic N) is 1. The molecule has 1 unspecified atom stereocenters. The molecule has 5 nitrogen and oxygen atoms in total. The van der Waals surface area contributed by atoms with Crippen molar-refractivity contribution in [2.24, 2.45) is 10.9 Å². The second kappa shape index (κ2) is 12.2. The molecule has 0 fully saturated rings. The summed E-state index contributed by atoms with van der Waals surface area (Å²) >= 11 is 0. The minimum Gasteiger partial charge on any atom is -0.491 e. The highest BCUT2D eigenvalue weighted by Gasteiger charge is 2.30. The minimum atomic E-state index is -4.38. The number of aliphatic imine (C=N–C) groups is 1. The van der Waals surface area contributed by atoms with Crippen molar-refractivity contribution in [3.05, 3.63) is 29.8 Å². The van der Waals surface area contributed by atoms with Crippen LogP contribution in [-0.4, -0.2) is 43.4 Å². The predicted molar refractivity (Wildman–Crippen MR) is 107 cm³/mol. The first-order valence-electron chi connectivity index (χ1n) is 8.22. The highest BCUT2D eigenvalue weighted by Crippen LogP contribution is 2.30. The molecule has 0 aliphatic carbocycles. The molecule has 0 aliphatic rings. The van der Waals surface area contributed by atoms with Gasteiger partial charge in [-0.2, -0.15) is 13.2 Å². The quantitative estimate of drug-likeness (QED) is 0.298. The van der Waals surface area contributed by atoms with Gasteiger partial charge in [-0.15, -0.1) is 24.0 Å². The number of nitrogens with one attached hydrogen (secondary N) is 2. The summed E-state index contributed by atoms with van der Waals surface area (Å²) in [7, 11) is 0. The zero-order valence-corrected chi connectivity index (χ0v) is 17.5. The average Bonchev–Trinajstić information content (AvgIpc) is 2.55. The van der Waals surface area contributed by atoms with Crippen molar-refractivity contribution in [1.29, 1.82) is 0 Å². The standard InChI is InChI=1S/C17H26F3N3O2.HI/c1-4-21-16(22-9-12(2)3)23-10-14(24)11-25-15-7-5-13(6-8-15)17(18,19)20;/h5-8,12,14,24H,4,9-11H2,1-3H3,(H2,21,22,23);1H. The van der Waals surface area contributed by atoms with E-state index in [4.69, 9.17) is 4.74 Å². The normalized spacial score (nSPS) is 13.2. The zero-order valence-electron chi connectivity index (χ0n) is 15.1. The van der Waals surface area contributed by atoms with Gasteiger partial charge in [0.05, 0.1) is 5.56 Å². The maximum atomic E-state index is 12.5. The van der Waals surface area contributed by atoms with Crippen LogP contribution in [0, 0.1) is 5.92 Å². The van der Waals surface area contributed by atoms with Gasteiger partial charge in [0.2, 0.25) is 0 Å². The highest BCUT2D eigenvalue weighted by atomic mass is 127. The predicted octanol–water partition coefficient (Wildman–Crippen LogP) is 3.27. The highest BCUT2D eigenvalue weighted by molar-refractivity contribution is 14.0. The van der Waals surface area contributed by atoms with Crippen LogP contribution >= 0.6 is 24.0 Å². The van der Waals surface area contributed by atoms with Gasteiger partial charge >= 0.3 is 6.18 Å². The Morgan fingerprint density at radius 2 is 1.81 bits per heavy atom. The lowest BCUT2D eigenvalue weighted by molar-refractivity contribution is -0.137. The van der Waals surface area contributed by atoms with E-state index >= 15 is 0 Å². The van der Waals surface area contributed by atoms with Gasteiger partial charge in [0.15, 0.2) is 5.96 Å². The molecule has 0 aliphatic heterocycles. The average molecular weight is 489 g/mol. The molecule has 0 aromatic heterocycles. The molecule has 1 aromatic carbocycles. The fraction of sp³-hybridized carbons (Fsp3) is 0.588. The molecule has 3 N–H and O–H groups in total. The number of ether oxygens (including phenoxy) is 1. The third kappa shape index (κ3) is 10.0. The van der Waals surface area contributed by atoms with Gasteiger partial charge in [-0.1, -0.05) is 13.8 Å². The van der Waals surface area contributed by atoms with Crippen LogP contribution in [0.4, 0.5) is 13.2 Å². The van der Waals surface area contributed by atoms with Crippen molar-refractivity contribution in [3.63, 3.8) is 0 Å². The van der Waals surface area contributed by atoms with E-state index in [-0.39, 0.29) is 42.9 Å². The summed E-state index contributed by atoms with van der Waals surface area (Å²) in [6.07, 6.45) is -5.20. The lowest BCUT2D eigenvalue weighted by atomic mass is 10.2. The van der Waals surface area contributed by atoms with Crippen LogP contribution in [0.15, 0.2) is 29.3 Å². The van der Waals surface area contributed by atoms with Gasteiger partial charge in [0, 0.05) is 19.6 Å². The molecular formula is C17H27F3IN3O2. The number of aliphatic hydroxyl groups excluding tert-OH is 1. The Balaban J connectivity index is 0.00000625. The van der Waals surface area contributed by atoms with Crippen molar-refractivity contribution in [2.75, 3.05) is 26.2 Å². The van der Waals surface area contributed by atoms with E-state index in [0.29, 0.717) is 25.0 Å². The summed E-state index contributed by atoms with van der Waals surface area (Å²) in [6.45, 7) is 7.58. The molecule has 0 radical (unpaired) electrons. The molecule has 9 heteroatoms. The van der Waals surface area contributed by atoms with Crippen LogP contribution in [0.5, 0.6) is 5.75 Å². The minimum absolute atomic E-state index is 0. The Labute approximate surface area is 169 Å². The summed E-state index contributed by atoms with van der Waals surface area (Å²) in [5.74, 6) is 1.29. The van der Waals surface area contributed by atoms with Crippen molar-refractivity contribution >= 4 is 29.9 Å². The summed E-state index contributed by atoms with van der Waals surface area (Å²) in [5.41, 5.74) is -0.737. The molecule has 0 saturated carbocycles. The zero-order chi connectivity index (χ0) is 18.9. The maximum absolute atomic E-state index is 12.5. The number of alkyl halides is 3. The lowest BCUT2D eigenvalue weighted by Crippen LogP contribution is -2.42. The fourth-order valence-corrected chi connectivity index (χ4v) is 1.82. The SMILES string of the molecule is CCNC(=NCC(C)C)NCC(O)COc1ccc(C(F)(F)F)cc1.I. The van der Waals surface area contributed by atoms with Gasteiger partial charge in [0.1, 0.15) is 18.5 Å². The molecule has 1 rings (SSSR count). The van der Waals surface area contributed by atoms with Crippen molar-refractivity contribution in [3.8, 4) is 5.75 Å². The Kier molecular flexibility index (Phi) is 11.6. The summed E-state index contributed by atoms with van der Waals surface area (Å²) in [6, 6.07) is 4.36. The number of benzene rings is 1. The largest absolute Gasteiger partial charge is 0.491 e. The van der Waals surface area contributed by atoms with Crippen LogP contribution in [0.25, 0.3) is 0 Å². The first kappa shape index (κ1) is 24.8. The van der Waals surface area contributed by atoms with Gasteiger partial charge in [-0.3, -0.25) is 4.99 Å². The molecule has 150 valence electrons. The van der Waals surface area contributed by atoms with Crippen LogP contribution in [-0.2, 0) is 6.18 Å². The Morgan fingerprint density at radius 3 is 2.31 bits per heavy atom. The third-order valence-corrected chi connectivity index (χ3v) is 3.09. The molecule has 26 heavy (non-hydrogen) atoms. The second-order valence-corrected chi connectivity index (χ2v) is 5.98. The molecule has 0 spiro atoms. The first-order chi connectivity index (χ1) is 11.7. The topological polar surface area (TPSA) is 65.9 Å². The number of rotatable bonds is 8. The first-order valence-corrected chi connectivity index (χ1v) is 8.22. The van der Waals surface area contributed by atoms with E-state index in [1.54, 1.807) is 0 Å². The van der Waals surface area contributed by atoms with E-state index in [2.05, 4.69) is 29.5 Å². The van der Waals surface area contributed by atoms with Gasteiger partial charge < -0.3 is 20.5 Å². The van der Waals surface area contributed by atoms with E-state index in [9.17, 15) is 18.3 Å². The Hall–Kier alpha value is -1.23. The smallest absolute Gasteiger partial charge is 0.416 e. The van der Waals surface area contributed by atoms with Crippen LogP contribution < -0.4 is 15.4 Å². The molecule has 0 heterocycles. The molecule has 0 bridgehead atoms. The van der Waals surface area contributed by atoms with Crippen molar-refractivity contribution < 1.29 is 23.0 Å². The summed E-state index contributed by atoms with van der Waals surface area (Å²) < 4.78 is 42.7. The van der Waals surface area contributed by atoms with Gasteiger partial charge in [-0.25, -0.2) is 0 Å². The van der Waals surface area contributed by atoms with Gasteiger partial charge in [-0.05, 0) is 37.1 Å². The molecule has 1 atom stereocenters. The van der Waals surface area contributed by atoms with Crippen molar-refractivity contribution in [1.82, 2.24) is 10.6 Å². The molecule has 0 saturated heterocycles. The Morgan fingerprint density at radius 1 is 1.19 bits per heavy atom. The van der Waals surface area contributed by atoms with Crippen LogP contribution in [0.3, 0.4) is 0 Å². The number of aliphatic hydroxyl groups is 1. The van der Waals surface area contributed by atoms with Crippen molar-refractivity contribution in [2.45, 2.75) is 33.1 Å². The monoisotopic (exact) mass is 489 g/mol. The molecule has 0 amide bonds. The third-order valence-electron chi connectivity index (χ3n) is 3.09. The van der Waals surface area contributed by atoms with Gasteiger partial charge in [0.25, 0.3) is 0 Å². The summed E-state index contributed by atoms with van der Waals surface area (Å²) in [4.78, 5) is 4.37. The van der Waals surface area contributed by atoms with E-state index in [0.717, 1.165) is 12.1 Å². The summed E-state index contributed by atoms with van der Waals surface area (Å²) in [5, 5.41) is 16.0. The maximum Gasteiger partial charge on any atom is 0.416 e. The lowest BCUT2D eigenvalue weighted by Gasteiger charge is -2.16. The van der Waals surface area contributed by atoms with E-state index in [1.165, 1.54) is 12.1 Å². The molecule has 1 aromatic rings. The molecular weight excluding hydrogens is 462 g/mol. The second-order valence-electron chi connectivity index (χ2n) is 5.98. The van der Waals surface area contributed by atoms with E-state index < -0.39 is 17.8 Å². The van der Waals surface area contributed by atoms with E-state index in [1.807, 2.05) is 6.92 Å². The number of guanidine groups is 1. The number of halogens is 4. The van der Waals surface area contributed by atoms with Crippen LogP contribution in [0.1, 0.15) is 26.3 Å².